The summed E-state index contributed by atoms with van der Waals surface area (Å²) in [6.07, 6.45) is 5.08. The Morgan fingerprint density at radius 3 is 2.32 bits per heavy atom. The molecule has 108 valence electrons. The molecule has 2 aliphatic heterocycles. The van der Waals surface area contributed by atoms with Gasteiger partial charge in [-0.2, -0.15) is 0 Å². The summed E-state index contributed by atoms with van der Waals surface area (Å²) in [7, 11) is -0.102. The van der Waals surface area contributed by atoms with Crippen LogP contribution in [0.4, 0.5) is 0 Å². The van der Waals surface area contributed by atoms with Gasteiger partial charge in [-0.1, -0.05) is 22.4 Å². The van der Waals surface area contributed by atoms with E-state index >= 15 is 0 Å². The van der Waals surface area contributed by atoms with Crippen molar-refractivity contribution in [3.8, 4) is 0 Å². The van der Waals surface area contributed by atoms with E-state index in [1.165, 1.54) is 19.3 Å². The molecule has 0 bridgehead atoms. The molecule has 4 atom stereocenters. The maximum atomic E-state index is 6.19. The molecule has 0 amide bonds. The van der Waals surface area contributed by atoms with Gasteiger partial charge < -0.3 is 14.6 Å². The third-order valence-electron chi connectivity index (χ3n) is 5.53. The van der Waals surface area contributed by atoms with Gasteiger partial charge in [0.05, 0.1) is 11.2 Å². The fraction of sp³-hybridized carbons (Fsp3) is 1.00. The van der Waals surface area contributed by atoms with Crippen molar-refractivity contribution < 1.29 is 9.31 Å². The molecule has 1 saturated carbocycles. The number of hydrogen-bond donors (Lipinski definition) is 1. The Morgan fingerprint density at radius 1 is 1.11 bits per heavy atom. The molecule has 0 aromatic rings. The van der Waals surface area contributed by atoms with E-state index in [2.05, 4.69) is 48.9 Å². The smallest absolute Gasteiger partial charge is 0.402 e. The van der Waals surface area contributed by atoms with Crippen LogP contribution in [0, 0.1) is 5.92 Å². The number of rotatable bonds is 1. The van der Waals surface area contributed by atoms with Gasteiger partial charge >= 0.3 is 7.12 Å². The fourth-order valence-corrected chi connectivity index (χ4v) is 4.52. The summed E-state index contributed by atoms with van der Waals surface area (Å²) in [6, 6.07) is 0.641. The van der Waals surface area contributed by atoms with Crippen LogP contribution in [0.25, 0.3) is 0 Å². The molecule has 0 radical (unpaired) electrons. The predicted octanol–water partition coefficient (Wildman–Crippen LogP) is 2.91. The van der Waals surface area contributed by atoms with E-state index in [4.69, 9.17) is 9.31 Å². The molecule has 1 aliphatic carbocycles. The zero-order valence-corrected chi connectivity index (χ0v) is 14.0. The highest BCUT2D eigenvalue weighted by Crippen LogP contribution is 2.42. The van der Waals surface area contributed by atoms with Crippen molar-refractivity contribution in [1.82, 2.24) is 5.32 Å². The van der Waals surface area contributed by atoms with E-state index in [0.29, 0.717) is 16.8 Å². The van der Waals surface area contributed by atoms with Crippen molar-refractivity contribution >= 4 is 23.0 Å². The molecule has 2 saturated heterocycles. The number of nitrogens with one attached hydrogen (secondary N) is 1. The molecular weight excluding hydrogens is 305 g/mol. The summed E-state index contributed by atoms with van der Waals surface area (Å²) < 4.78 is 12.4. The Labute approximate surface area is 125 Å². The number of fused-ring (bicyclic) bond motifs is 1. The molecule has 1 N–H and O–H groups in total. The van der Waals surface area contributed by atoms with Crippen molar-refractivity contribution in [2.75, 3.05) is 0 Å². The Hall–Kier alpha value is 0.425. The molecule has 3 nitrogen and oxygen atoms in total. The Kier molecular flexibility index (Phi) is 3.57. The van der Waals surface area contributed by atoms with Crippen molar-refractivity contribution in [3.05, 3.63) is 0 Å². The maximum Gasteiger partial charge on any atom is 0.476 e. The van der Waals surface area contributed by atoms with Crippen molar-refractivity contribution in [3.63, 3.8) is 0 Å². The van der Waals surface area contributed by atoms with E-state index in [0.717, 1.165) is 12.3 Å². The molecule has 4 unspecified atom stereocenters. The number of hydrogen-bond acceptors (Lipinski definition) is 3. The third-order valence-corrected chi connectivity index (χ3v) is 6.67. The standard InChI is InChI=1S/C14H25BBrNO2/c1-13(2)14(3,4)19-15(18-13)12-8-9-10(16)6-5-7-11(9)17-12/h9-12,17H,5-8H2,1-4H3. The molecule has 5 heteroatoms. The van der Waals surface area contributed by atoms with E-state index in [9.17, 15) is 0 Å². The normalized spacial score (nSPS) is 44.4. The van der Waals surface area contributed by atoms with Crippen LogP contribution < -0.4 is 5.32 Å². The maximum absolute atomic E-state index is 6.19. The van der Waals surface area contributed by atoms with Gasteiger partial charge in [-0.3, -0.25) is 0 Å². The molecular formula is C14H25BBrNO2. The van der Waals surface area contributed by atoms with E-state index in [-0.39, 0.29) is 18.3 Å². The quantitative estimate of drug-likeness (QED) is 0.592. The first-order chi connectivity index (χ1) is 8.80. The first kappa shape index (κ1) is 14.4. The van der Waals surface area contributed by atoms with Crippen LogP contribution in [-0.4, -0.2) is 35.1 Å². The van der Waals surface area contributed by atoms with Crippen LogP contribution in [0.2, 0.25) is 0 Å². The van der Waals surface area contributed by atoms with Gasteiger partial charge in [0.1, 0.15) is 0 Å². The molecule has 3 aliphatic rings. The first-order valence-corrected chi connectivity index (χ1v) is 8.47. The van der Waals surface area contributed by atoms with Crippen LogP contribution in [0.1, 0.15) is 53.4 Å². The minimum Gasteiger partial charge on any atom is -0.402 e. The van der Waals surface area contributed by atoms with E-state index in [1.54, 1.807) is 0 Å². The van der Waals surface area contributed by atoms with Crippen molar-refractivity contribution in [2.45, 2.75) is 81.4 Å². The second-order valence-electron chi connectivity index (χ2n) is 7.35. The molecule has 19 heavy (non-hydrogen) atoms. The van der Waals surface area contributed by atoms with Gasteiger partial charge in [0.2, 0.25) is 0 Å². The van der Waals surface area contributed by atoms with Gasteiger partial charge in [0.25, 0.3) is 0 Å². The fourth-order valence-electron chi connectivity index (χ4n) is 3.61. The third kappa shape index (κ3) is 2.41. The van der Waals surface area contributed by atoms with Gasteiger partial charge in [-0.05, 0) is 52.9 Å². The summed E-state index contributed by atoms with van der Waals surface area (Å²) in [5.74, 6) is 1.08. The van der Waals surface area contributed by atoms with Crippen molar-refractivity contribution in [2.24, 2.45) is 5.92 Å². The average molecular weight is 330 g/mol. The summed E-state index contributed by atoms with van der Waals surface area (Å²) in [4.78, 5) is 0.658. The lowest BCUT2D eigenvalue weighted by atomic mass is 9.75. The Bertz CT molecular complexity index is 347. The van der Waals surface area contributed by atoms with Gasteiger partial charge in [-0.25, -0.2) is 0 Å². The van der Waals surface area contributed by atoms with Crippen LogP contribution in [0.3, 0.4) is 0 Å². The average Bonchev–Trinajstić information content (AvgIpc) is 2.80. The summed E-state index contributed by atoms with van der Waals surface area (Å²) >= 11 is 3.85. The largest absolute Gasteiger partial charge is 0.476 e. The molecule has 3 rings (SSSR count). The van der Waals surface area contributed by atoms with Gasteiger partial charge in [0, 0.05) is 16.8 Å². The molecule has 0 spiro atoms. The lowest BCUT2D eigenvalue weighted by molar-refractivity contribution is 0.00578. The minimum absolute atomic E-state index is 0.102. The number of halogens is 1. The zero-order chi connectivity index (χ0) is 13.8. The molecule has 0 aromatic carbocycles. The first-order valence-electron chi connectivity index (χ1n) is 7.56. The lowest BCUT2D eigenvalue weighted by Crippen LogP contribution is -2.44. The highest BCUT2D eigenvalue weighted by molar-refractivity contribution is 9.09. The summed E-state index contributed by atoms with van der Waals surface area (Å²) in [6.45, 7) is 8.51. The second-order valence-corrected chi connectivity index (χ2v) is 8.53. The zero-order valence-electron chi connectivity index (χ0n) is 12.4. The van der Waals surface area contributed by atoms with Gasteiger partial charge in [-0.15, -0.1) is 0 Å². The Balaban J connectivity index is 1.69. The van der Waals surface area contributed by atoms with Crippen LogP contribution in [-0.2, 0) is 9.31 Å². The van der Waals surface area contributed by atoms with Crippen molar-refractivity contribution in [1.29, 1.82) is 0 Å². The van der Waals surface area contributed by atoms with E-state index < -0.39 is 0 Å². The SMILES string of the molecule is CC1(C)OB(C2CC3C(Br)CCCC3N2)OC1(C)C. The monoisotopic (exact) mass is 329 g/mol. The topological polar surface area (TPSA) is 30.5 Å². The minimum atomic E-state index is -0.221. The highest BCUT2D eigenvalue weighted by Gasteiger charge is 2.56. The molecule has 2 heterocycles. The molecule has 0 aromatic heterocycles. The highest BCUT2D eigenvalue weighted by atomic mass is 79.9. The number of alkyl halides is 1. The second kappa shape index (κ2) is 4.72. The summed E-state index contributed by atoms with van der Waals surface area (Å²) in [5.41, 5.74) is -0.443. The van der Waals surface area contributed by atoms with Crippen LogP contribution in [0.5, 0.6) is 0 Å². The van der Waals surface area contributed by atoms with E-state index in [1.807, 2.05) is 0 Å². The Morgan fingerprint density at radius 2 is 1.74 bits per heavy atom. The van der Waals surface area contributed by atoms with Crippen LogP contribution >= 0.6 is 15.9 Å². The van der Waals surface area contributed by atoms with Gasteiger partial charge in [0.15, 0.2) is 0 Å². The lowest BCUT2D eigenvalue weighted by Gasteiger charge is -2.32. The predicted molar refractivity (Wildman–Crippen MR) is 81.5 cm³/mol. The summed E-state index contributed by atoms with van der Waals surface area (Å²) in [5, 5.41) is 3.76. The van der Waals surface area contributed by atoms with Crippen LogP contribution in [0.15, 0.2) is 0 Å². The molecule has 3 fully saturated rings.